The van der Waals surface area contributed by atoms with Gasteiger partial charge >= 0.3 is 11.9 Å². The van der Waals surface area contributed by atoms with Crippen molar-refractivity contribution in [3.8, 4) is 0 Å². The number of guanidine groups is 3. The minimum absolute atomic E-state index is 0.00641. The lowest BCUT2D eigenvalue weighted by molar-refractivity contribution is -0.142. The van der Waals surface area contributed by atoms with Crippen molar-refractivity contribution in [3.63, 3.8) is 0 Å². The number of aliphatic hydroxyl groups excluding tert-OH is 2. The van der Waals surface area contributed by atoms with Crippen LogP contribution >= 0.6 is 21.6 Å². The van der Waals surface area contributed by atoms with Crippen LogP contribution in [0.15, 0.2) is 60.7 Å². The lowest BCUT2D eigenvalue weighted by Gasteiger charge is -2.30. The first kappa shape index (κ1) is 99.5. The zero-order valence-electron chi connectivity index (χ0n) is 65.6. The second kappa shape index (κ2) is 52.8. The molecule has 2 aromatic rings. The number of nitrogens with zero attached hydrogens (tertiary/aromatic N) is 1. The van der Waals surface area contributed by atoms with E-state index in [1.54, 1.807) is 74.5 Å². The number of rotatable bonds is 33. The molecule has 0 bridgehead atoms. The molecule has 2 aromatic carbocycles. The van der Waals surface area contributed by atoms with Gasteiger partial charge in [-0.15, -0.1) is 0 Å². The maximum absolute atomic E-state index is 15.2. The molecule has 1 fully saturated rings. The fourth-order valence-electron chi connectivity index (χ4n) is 11.1. The van der Waals surface area contributed by atoms with Gasteiger partial charge in [-0.25, -0.2) is 4.79 Å². The molecule has 0 saturated carbocycles. The molecule has 1 heterocycles. The Hall–Kier alpha value is -11.6. The minimum atomic E-state index is -2.03. The highest BCUT2D eigenvalue weighted by molar-refractivity contribution is 8.76. The van der Waals surface area contributed by atoms with Gasteiger partial charge in [-0.05, 0) is 61.5 Å². The summed E-state index contributed by atoms with van der Waals surface area (Å²) >= 11 is 0. The Kier molecular flexibility index (Phi) is 44.9. The molecule has 14 atom stereocenters. The molecule has 31 N–H and O–H groups in total. The third-order valence-corrected chi connectivity index (χ3v) is 20.5. The molecule has 1 aliphatic rings. The highest BCUT2D eigenvalue weighted by atomic mass is 33.1. The molecule has 0 radical (unpaired) electrons. The van der Waals surface area contributed by atoms with Gasteiger partial charge in [0.05, 0.1) is 39.3 Å². The Balaban J connectivity index is 2.38. The van der Waals surface area contributed by atoms with Gasteiger partial charge in [-0.1, -0.05) is 123 Å². The largest absolute Gasteiger partial charge is 0.481 e. The second-order valence-electron chi connectivity index (χ2n) is 27.4. The molecule has 3 unspecified atom stereocenters. The van der Waals surface area contributed by atoms with Crippen LogP contribution in [0.4, 0.5) is 0 Å². The number of carbonyl (C=O) groups is 16. The van der Waals surface area contributed by atoms with Gasteiger partial charge in [0, 0.05) is 51.0 Å². The number of nitrogens with one attached hydrogen (secondary N) is 19. The quantitative estimate of drug-likeness (QED) is 0.0137. The van der Waals surface area contributed by atoms with E-state index in [0.717, 1.165) is 33.5 Å². The van der Waals surface area contributed by atoms with Crippen molar-refractivity contribution >= 4 is 134 Å². The van der Waals surface area contributed by atoms with E-state index in [-0.39, 0.29) is 83.8 Å². The number of aliphatic hydroxyl groups is 2. The number of amides is 14. The Bertz CT molecular complexity index is 3750. The van der Waals surface area contributed by atoms with Crippen LogP contribution in [-0.2, 0) is 89.6 Å². The summed E-state index contributed by atoms with van der Waals surface area (Å²) in [5.74, 6) is -22.2. The van der Waals surface area contributed by atoms with Gasteiger partial charge < -0.3 is 133 Å². The number of aliphatic carboxylic acids is 2. The first-order chi connectivity index (χ1) is 55.4. The first-order valence-electron chi connectivity index (χ1n) is 37.5. The zero-order valence-corrected chi connectivity index (χ0v) is 67.2. The van der Waals surface area contributed by atoms with E-state index in [4.69, 9.17) is 39.2 Å². The molecule has 1 saturated heterocycles. The van der Waals surface area contributed by atoms with Crippen molar-refractivity contribution in [1.82, 2.24) is 90.0 Å². The van der Waals surface area contributed by atoms with Crippen LogP contribution < -0.4 is 108 Å². The summed E-state index contributed by atoms with van der Waals surface area (Å²) in [6.07, 6.45) is -2.10. The lowest BCUT2D eigenvalue weighted by atomic mass is 9.96. The smallest absolute Gasteiger partial charge is 0.326 e. The van der Waals surface area contributed by atoms with Crippen molar-refractivity contribution < 1.29 is 97.1 Å². The predicted molar refractivity (Wildman–Crippen MR) is 429 cm³/mol. The standard InChI is InChI=1S/C71H112N24O20S2/c1-6-37(3)55-65(111)89-47(29-54(101)102)62(108)86-43(22-15-25-80-70(75)76)60(106)94-56(38(4)7-2)66(112)91-49(64(110)88-46(28-40-19-12-9-13-20-40)61(107)87-44(68(114)115)23-16-26-81-71(77)78)35-116-117-36-50(92-63(109)48(34-97)90-57(103)41(72)33-96)67(113)95(5)32-53(100)85-45(27-39-17-10-8-11-18-39)58(104)83-30-51(98)82-31-52(99)84-42(59(105)93-55)21-14-24-79-69(73)74/h8-13,17-20,37-38,41-50,55-56,96-97H,6-7,14-16,21-36,72H2,1-5H3,(H,82,98)(H,83,104)(H,84,99)(H,85,100)(H,86,108)(H,87,107)(H,88,110)(H,89,111)(H,90,103)(H,91,112)(H,92,109)(H,93,105)(H,94,106)(H,101,102)(H,114,115)(H4,73,74,79)(H4,75,76,80)(H4,77,78,81)/t37-,38-,41-,42-,43?,44-,45-,46-,47-,48-,49?,50-,55?,56-/m0/s1. The van der Waals surface area contributed by atoms with Crippen LogP contribution in [0.5, 0.6) is 0 Å². The molecule has 3 rings (SSSR count). The van der Waals surface area contributed by atoms with Gasteiger partial charge in [0.15, 0.2) is 17.9 Å². The summed E-state index contributed by atoms with van der Waals surface area (Å²) in [5.41, 5.74) is 23.0. The molecular weight excluding hydrogens is 1570 g/mol. The van der Waals surface area contributed by atoms with Crippen LogP contribution in [0, 0.1) is 28.1 Å². The van der Waals surface area contributed by atoms with Crippen LogP contribution in [0.3, 0.4) is 0 Å². The summed E-state index contributed by atoms with van der Waals surface area (Å²) in [4.78, 5) is 226. The Labute approximate surface area is 682 Å². The van der Waals surface area contributed by atoms with Gasteiger partial charge in [0.1, 0.15) is 72.5 Å². The summed E-state index contributed by atoms with van der Waals surface area (Å²) in [7, 11) is 2.62. The van der Waals surface area contributed by atoms with Gasteiger partial charge in [0.25, 0.3) is 0 Å². The number of likely N-dealkylation sites (N-methyl/N-ethyl adjacent to an activating group) is 1. The summed E-state index contributed by atoms with van der Waals surface area (Å²) in [6, 6.07) is -3.95. The number of hydrogen-bond acceptors (Lipinski definition) is 24. The molecule has 648 valence electrons. The maximum atomic E-state index is 15.2. The predicted octanol–water partition coefficient (Wildman–Crippen LogP) is -8.36. The van der Waals surface area contributed by atoms with E-state index in [9.17, 15) is 87.5 Å². The van der Waals surface area contributed by atoms with E-state index < -0.39 is 248 Å². The van der Waals surface area contributed by atoms with E-state index in [1.165, 1.54) is 13.8 Å². The fourth-order valence-corrected chi connectivity index (χ4v) is 13.4. The van der Waals surface area contributed by atoms with Gasteiger partial charge in [0.2, 0.25) is 82.7 Å². The van der Waals surface area contributed by atoms with Crippen molar-refractivity contribution in [1.29, 1.82) is 16.2 Å². The van der Waals surface area contributed by atoms with Crippen molar-refractivity contribution in [3.05, 3.63) is 71.8 Å². The third-order valence-electron chi connectivity index (χ3n) is 18.1. The number of carbonyl (C=O) groups excluding carboxylic acids is 14. The molecule has 46 heteroatoms. The van der Waals surface area contributed by atoms with E-state index >= 15 is 9.59 Å². The second-order valence-corrected chi connectivity index (χ2v) is 30.0. The average molecular weight is 1690 g/mol. The van der Waals surface area contributed by atoms with E-state index in [2.05, 4.69) is 85.1 Å². The maximum Gasteiger partial charge on any atom is 0.326 e. The van der Waals surface area contributed by atoms with Crippen molar-refractivity contribution in [2.75, 3.05) is 71.0 Å². The number of carboxylic acid groups (broad SMARTS) is 2. The summed E-state index contributed by atoms with van der Waals surface area (Å²) in [5, 5.41) is 103. The normalized spacial score (nSPS) is 21.3. The number of carboxylic acids is 2. The molecule has 0 aromatic heterocycles. The topological polar surface area (TPSA) is 725 Å². The highest BCUT2D eigenvalue weighted by Gasteiger charge is 2.39. The van der Waals surface area contributed by atoms with E-state index in [1.807, 2.05) is 0 Å². The minimum Gasteiger partial charge on any atom is -0.481 e. The van der Waals surface area contributed by atoms with Crippen LogP contribution in [0.1, 0.15) is 96.6 Å². The van der Waals surface area contributed by atoms with Crippen LogP contribution in [0.2, 0.25) is 0 Å². The third kappa shape index (κ3) is 37.7. The van der Waals surface area contributed by atoms with Crippen LogP contribution in [-0.4, -0.2) is 281 Å². The SMILES string of the molecule is CC[C@H](C)C1NC(=O)[C@H](CCCNC(=N)N)NC(=O)CNC(=O)CNC(=O)[C@H](Cc2ccccc2)NC(=O)CN(C)C(=O)[C@@H](NC(=O)[C@H](CO)NC(=O)[C@@H](N)CO)CSSCC(C(=O)N[C@@H](Cc2ccccc2)C(=O)N[C@@H](CCCNC(=N)N)C(=O)O)NC(=O)[C@H]([C@@H](C)CC)NC(=O)C(CCCNC(=N)N)NC(=O)[C@H](CC(=O)O)NC1=O. The molecule has 0 aliphatic carbocycles. The first-order valence-corrected chi connectivity index (χ1v) is 40.0. The molecule has 14 amide bonds. The molecule has 0 spiro atoms. The number of benzene rings is 2. The fraction of sp³-hybridized carbons (Fsp3) is 0.563. The average Bonchev–Trinajstić information content (AvgIpc) is 0.853. The molecular formula is C71H112N24O20S2. The van der Waals surface area contributed by atoms with Crippen molar-refractivity contribution in [2.45, 2.75) is 171 Å². The monoisotopic (exact) mass is 1680 g/mol. The number of nitrogens with two attached hydrogens (primary N) is 4. The molecule has 1 aliphatic heterocycles. The summed E-state index contributed by atoms with van der Waals surface area (Å²) < 4.78 is 0. The van der Waals surface area contributed by atoms with Crippen molar-refractivity contribution in [2.24, 2.45) is 34.8 Å². The highest BCUT2D eigenvalue weighted by Crippen LogP contribution is 2.25. The van der Waals surface area contributed by atoms with Gasteiger partial charge in [-0.2, -0.15) is 0 Å². The lowest BCUT2D eigenvalue weighted by Crippen LogP contribution is -2.62. The van der Waals surface area contributed by atoms with Crippen LogP contribution in [0.25, 0.3) is 0 Å². The Morgan fingerprint density at radius 1 is 0.538 bits per heavy atom. The molecule has 117 heavy (non-hydrogen) atoms. The number of hydrogen-bond donors (Lipinski definition) is 27. The Morgan fingerprint density at radius 3 is 1.55 bits per heavy atom. The van der Waals surface area contributed by atoms with E-state index in [0.29, 0.717) is 11.1 Å². The zero-order chi connectivity index (χ0) is 87.4. The summed E-state index contributed by atoms with van der Waals surface area (Å²) in [6.45, 7) is 1.75. The Morgan fingerprint density at radius 2 is 1.03 bits per heavy atom. The molecule has 44 nitrogen and oxygen atoms in total. The van der Waals surface area contributed by atoms with Gasteiger partial charge in [-0.3, -0.25) is 88.1 Å².